The number of nitrogens with one attached hydrogen (secondary N) is 2. The molecular formula is C16H25N3O2S. The number of hydrogen-bond acceptors (Lipinski definition) is 3. The third-order valence-corrected chi connectivity index (χ3v) is 4.75. The predicted octanol–water partition coefficient (Wildman–Crippen LogP) is 2.30. The second-order valence-electron chi connectivity index (χ2n) is 6.08. The van der Waals surface area contributed by atoms with E-state index in [2.05, 4.69) is 29.7 Å². The van der Waals surface area contributed by atoms with Gasteiger partial charge in [0.15, 0.2) is 0 Å². The summed E-state index contributed by atoms with van der Waals surface area (Å²) in [6, 6.07) is 4.08. The summed E-state index contributed by atoms with van der Waals surface area (Å²) < 4.78 is 0. The van der Waals surface area contributed by atoms with Crippen molar-refractivity contribution in [3.8, 4) is 0 Å². The predicted molar refractivity (Wildman–Crippen MR) is 89.2 cm³/mol. The summed E-state index contributed by atoms with van der Waals surface area (Å²) in [6.07, 6.45) is 2.40. The normalized spacial score (nSPS) is 17.4. The monoisotopic (exact) mass is 323 g/mol. The first kappa shape index (κ1) is 16.8. The lowest BCUT2D eigenvalue weighted by Crippen LogP contribution is -2.48. The number of thiophene rings is 1. The first-order valence-electron chi connectivity index (χ1n) is 7.84. The van der Waals surface area contributed by atoms with Crippen molar-refractivity contribution < 1.29 is 9.59 Å². The van der Waals surface area contributed by atoms with Gasteiger partial charge in [-0.2, -0.15) is 0 Å². The van der Waals surface area contributed by atoms with Gasteiger partial charge in [-0.15, -0.1) is 11.3 Å². The Morgan fingerprint density at radius 1 is 1.32 bits per heavy atom. The van der Waals surface area contributed by atoms with Gasteiger partial charge in [0.25, 0.3) is 0 Å². The van der Waals surface area contributed by atoms with Crippen LogP contribution in [0.2, 0.25) is 0 Å². The van der Waals surface area contributed by atoms with Crippen molar-refractivity contribution in [3.63, 3.8) is 0 Å². The molecule has 122 valence electrons. The van der Waals surface area contributed by atoms with E-state index in [9.17, 15) is 9.59 Å². The first-order valence-corrected chi connectivity index (χ1v) is 8.66. The molecule has 2 atom stereocenters. The minimum Gasteiger partial charge on any atom is -0.341 e. The maximum atomic E-state index is 12.0. The zero-order valence-electron chi connectivity index (χ0n) is 13.5. The minimum atomic E-state index is -0.167. The zero-order chi connectivity index (χ0) is 16.1. The van der Waals surface area contributed by atoms with Gasteiger partial charge in [-0.3, -0.25) is 4.79 Å². The fourth-order valence-electron chi connectivity index (χ4n) is 2.71. The van der Waals surface area contributed by atoms with Crippen LogP contribution in [0.15, 0.2) is 12.1 Å². The fourth-order valence-corrected chi connectivity index (χ4v) is 3.73. The highest BCUT2D eigenvalue weighted by Crippen LogP contribution is 2.16. The molecule has 22 heavy (non-hydrogen) atoms. The van der Waals surface area contributed by atoms with Crippen LogP contribution in [-0.2, 0) is 11.2 Å². The van der Waals surface area contributed by atoms with Crippen molar-refractivity contribution in [2.45, 2.75) is 52.1 Å². The van der Waals surface area contributed by atoms with E-state index in [1.807, 2.05) is 18.7 Å². The van der Waals surface area contributed by atoms with Gasteiger partial charge in [0.05, 0.1) is 0 Å². The molecule has 2 heterocycles. The van der Waals surface area contributed by atoms with Crippen LogP contribution in [-0.4, -0.2) is 42.0 Å². The Balaban J connectivity index is 1.71. The Bertz CT molecular complexity index is 529. The number of rotatable bonds is 6. The lowest BCUT2D eigenvalue weighted by Gasteiger charge is -2.22. The summed E-state index contributed by atoms with van der Waals surface area (Å²) in [5.41, 5.74) is 0. The topological polar surface area (TPSA) is 61.4 Å². The number of nitrogens with zero attached hydrogens (tertiary/aromatic N) is 1. The number of hydrogen-bond donors (Lipinski definition) is 2. The van der Waals surface area contributed by atoms with Gasteiger partial charge >= 0.3 is 6.03 Å². The van der Waals surface area contributed by atoms with E-state index in [4.69, 9.17) is 0 Å². The molecule has 5 nitrogen and oxygen atoms in total. The molecule has 0 aromatic carbocycles. The van der Waals surface area contributed by atoms with Gasteiger partial charge in [0.1, 0.15) is 0 Å². The zero-order valence-corrected chi connectivity index (χ0v) is 14.3. The quantitative estimate of drug-likeness (QED) is 0.844. The van der Waals surface area contributed by atoms with Crippen molar-refractivity contribution in [2.24, 2.45) is 0 Å². The summed E-state index contributed by atoms with van der Waals surface area (Å²) in [5, 5.41) is 5.87. The molecule has 1 saturated heterocycles. The van der Waals surface area contributed by atoms with Crippen molar-refractivity contribution >= 4 is 23.3 Å². The molecule has 2 rings (SSSR count). The van der Waals surface area contributed by atoms with E-state index >= 15 is 0 Å². The molecule has 0 radical (unpaired) electrons. The van der Waals surface area contributed by atoms with E-state index < -0.39 is 0 Å². The van der Waals surface area contributed by atoms with Crippen LogP contribution in [0.25, 0.3) is 0 Å². The molecule has 0 saturated carbocycles. The molecule has 1 aliphatic heterocycles. The molecule has 0 bridgehead atoms. The molecule has 1 aliphatic rings. The van der Waals surface area contributed by atoms with E-state index in [1.54, 1.807) is 11.3 Å². The van der Waals surface area contributed by atoms with Crippen LogP contribution in [0.5, 0.6) is 0 Å². The Hall–Kier alpha value is -1.56. The summed E-state index contributed by atoms with van der Waals surface area (Å²) >= 11 is 1.76. The van der Waals surface area contributed by atoms with E-state index in [0.29, 0.717) is 13.0 Å². The van der Waals surface area contributed by atoms with Gasteiger partial charge in [0.2, 0.25) is 5.91 Å². The van der Waals surface area contributed by atoms with E-state index in [1.165, 1.54) is 9.75 Å². The molecule has 0 spiro atoms. The average Bonchev–Trinajstić information content (AvgIpc) is 2.98. The Morgan fingerprint density at radius 2 is 2.05 bits per heavy atom. The minimum absolute atomic E-state index is 0.0433. The summed E-state index contributed by atoms with van der Waals surface area (Å²) in [5.74, 6) is 0.190. The van der Waals surface area contributed by atoms with Crippen LogP contribution < -0.4 is 10.6 Å². The smallest absolute Gasteiger partial charge is 0.315 e. The van der Waals surface area contributed by atoms with Gasteiger partial charge in [0, 0.05) is 47.8 Å². The number of amides is 3. The molecule has 6 heteroatoms. The number of carbonyl (C=O) groups is 2. The highest BCUT2D eigenvalue weighted by atomic mass is 32.1. The lowest BCUT2D eigenvalue weighted by molar-refractivity contribution is -0.127. The van der Waals surface area contributed by atoms with Crippen molar-refractivity contribution in [3.05, 3.63) is 21.9 Å². The highest BCUT2D eigenvalue weighted by molar-refractivity contribution is 7.11. The van der Waals surface area contributed by atoms with Gasteiger partial charge in [-0.05, 0) is 39.3 Å². The lowest BCUT2D eigenvalue weighted by atomic mass is 10.2. The van der Waals surface area contributed by atoms with Crippen LogP contribution in [0.3, 0.4) is 0 Å². The van der Waals surface area contributed by atoms with E-state index in [-0.39, 0.29) is 24.0 Å². The summed E-state index contributed by atoms with van der Waals surface area (Å²) in [7, 11) is 0. The third-order valence-electron chi connectivity index (χ3n) is 3.72. The molecule has 2 N–H and O–H groups in total. The molecule has 1 aromatic heterocycles. The standard InChI is InChI=1S/C16H25N3O2S/c1-11(9-14-7-6-13(3)22-14)17-16(21)18-12(2)10-19-8-4-5-15(19)20/h6-7,11-12H,4-5,8-10H2,1-3H3,(H2,17,18,21)/t11-,12+/m0/s1. The SMILES string of the molecule is Cc1ccc(C[C@H](C)NC(=O)N[C@H](C)CN2CCCC2=O)s1. The second kappa shape index (κ2) is 7.63. The largest absolute Gasteiger partial charge is 0.341 e. The summed E-state index contributed by atoms with van der Waals surface area (Å²) in [6.45, 7) is 7.41. The van der Waals surface area contributed by atoms with Gasteiger partial charge in [-0.1, -0.05) is 0 Å². The van der Waals surface area contributed by atoms with Crippen molar-refractivity contribution in [1.29, 1.82) is 0 Å². The number of carbonyl (C=O) groups excluding carboxylic acids is 2. The van der Waals surface area contributed by atoms with Crippen molar-refractivity contribution in [1.82, 2.24) is 15.5 Å². The third kappa shape index (κ3) is 5.02. The molecule has 0 aliphatic carbocycles. The molecule has 1 fully saturated rings. The first-order chi connectivity index (χ1) is 10.4. The Labute approximate surface area is 136 Å². The average molecular weight is 323 g/mol. The fraction of sp³-hybridized carbons (Fsp3) is 0.625. The van der Waals surface area contributed by atoms with Gasteiger partial charge < -0.3 is 15.5 Å². The maximum absolute atomic E-state index is 12.0. The Morgan fingerprint density at radius 3 is 2.64 bits per heavy atom. The highest BCUT2D eigenvalue weighted by Gasteiger charge is 2.22. The summed E-state index contributed by atoms with van der Waals surface area (Å²) in [4.78, 5) is 28.0. The van der Waals surface area contributed by atoms with Gasteiger partial charge in [-0.25, -0.2) is 4.79 Å². The number of aryl methyl sites for hydroxylation is 1. The van der Waals surface area contributed by atoms with Crippen LogP contribution in [0.4, 0.5) is 4.79 Å². The number of urea groups is 1. The molecule has 3 amide bonds. The molecule has 0 unspecified atom stereocenters. The van der Waals surface area contributed by atoms with E-state index in [0.717, 1.165) is 19.4 Å². The van der Waals surface area contributed by atoms with Crippen LogP contribution in [0.1, 0.15) is 36.4 Å². The van der Waals surface area contributed by atoms with Crippen LogP contribution in [0, 0.1) is 6.92 Å². The maximum Gasteiger partial charge on any atom is 0.315 e. The van der Waals surface area contributed by atoms with Crippen molar-refractivity contribution in [2.75, 3.05) is 13.1 Å². The number of likely N-dealkylation sites (tertiary alicyclic amines) is 1. The molecular weight excluding hydrogens is 298 g/mol. The Kier molecular flexibility index (Phi) is 5.83. The molecule has 1 aromatic rings. The van der Waals surface area contributed by atoms with Crippen LogP contribution >= 0.6 is 11.3 Å². The second-order valence-corrected chi connectivity index (χ2v) is 7.45.